The van der Waals surface area contributed by atoms with Crippen molar-refractivity contribution in [2.45, 2.75) is 19.4 Å². The third kappa shape index (κ3) is 1.69. The smallest absolute Gasteiger partial charge is 0.132 e. The maximum atomic E-state index is 13.5. The lowest BCUT2D eigenvalue weighted by atomic mass is 10.2. The van der Waals surface area contributed by atoms with Gasteiger partial charge in [0.05, 0.1) is 5.52 Å². The average molecular weight is 269 g/mol. The first-order valence-electron chi connectivity index (χ1n) is 4.92. The summed E-state index contributed by atoms with van der Waals surface area (Å²) in [7, 11) is 0. The molecule has 0 saturated heterocycles. The summed E-state index contributed by atoms with van der Waals surface area (Å²) in [4.78, 5) is 0. The lowest BCUT2D eigenvalue weighted by molar-refractivity contribution is 0.599. The number of fused-ring (bicyclic) bond motifs is 1. The molecule has 0 aliphatic carbocycles. The molecule has 1 nitrogen and oxygen atoms in total. The Morgan fingerprint density at radius 3 is 2.87 bits per heavy atom. The molecule has 0 spiro atoms. The van der Waals surface area contributed by atoms with Gasteiger partial charge in [-0.15, -0.1) is 0 Å². The van der Waals surface area contributed by atoms with E-state index >= 15 is 0 Å². The first-order valence-corrected chi connectivity index (χ1v) is 5.72. The van der Waals surface area contributed by atoms with Crippen LogP contribution in [0, 0.1) is 12.7 Å². The van der Waals surface area contributed by atoms with Gasteiger partial charge in [-0.3, -0.25) is 0 Å². The van der Waals surface area contributed by atoms with Crippen LogP contribution in [0.2, 0.25) is 0 Å². The molecule has 3 heteroatoms. The molecule has 2 aromatic rings. The zero-order valence-electron chi connectivity index (χ0n) is 8.50. The topological polar surface area (TPSA) is 4.93 Å². The van der Waals surface area contributed by atoms with Crippen molar-refractivity contribution in [2.24, 2.45) is 0 Å². The Bertz CT molecular complexity index is 490. The van der Waals surface area contributed by atoms with Gasteiger partial charge in [0, 0.05) is 22.1 Å². The first-order chi connectivity index (χ1) is 7.15. The molecule has 0 bridgehead atoms. The molecular weight excluding hydrogens is 257 g/mol. The van der Waals surface area contributed by atoms with Gasteiger partial charge in [0.2, 0.25) is 0 Å². The van der Waals surface area contributed by atoms with Crippen LogP contribution in [0.25, 0.3) is 10.9 Å². The maximum Gasteiger partial charge on any atom is 0.132 e. The molecule has 1 aromatic carbocycles. The van der Waals surface area contributed by atoms with Crippen LogP contribution >= 0.6 is 15.9 Å². The molecule has 1 radical (unpaired) electrons. The van der Waals surface area contributed by atoms with E-state index in [1.54, 1.807) is 12.1 Å². The fraction of sp³-hybridized carbons (Fsp3) is 0.250. The van der Waals surface area contributed by atoms with Crippen LogP contribution in [0.4, 0.5) is 4.39 Å². The number of rotatable bonds is 2. The van der Waals surface area contributed by atoms with E-state index in [0.717, 1.165) is 16.4 Å². The Morgan fingerprint density at radius 1 is 1.47 bits per heavy atom. The van der Waals surface area contributed by atoms with Crippen molar-refractivity contribution in [2.75, 3.05) is 0 Å². The number of nitrogens with zero attached hydrogens (tertiary/aromatic N) is 1. The molecule has 79 valence electrons. The van der Waals surface area contributed by atoms with Crippen molar-refractivity contribution in [1.29, 1.82) is 0 Å². The summed E-state index contributed by atoms with van der Waals surface area (Å²) in [6.45, 7) is 6.11. The number of aromatic nitrogens is 1. The van der Waals surface area contributed by atoms with Crippen molar-refractivity contribution >= 4 is 26.8 Å². The second-order valence-corrected chi connectivity index (χ2v) is 4.43. The number of halogens is 2. The monoisotopic (exact) mass is 268 g/mol. The highest BCUT2D eigenvalue weighted by Crippen LogP contribution is 2.30. The SMILES string of the molecule is [CH2]C(CC)n1ccc2c(F)ccc(Br)c21. The predicted octanol–water partition coefficient (Wildman–Crippen LogP) is 4.33. The fourth-order valence-corrected chi connectivity index (χ4v) is 2.26. The van der Waals surface area contributed by atoms with Crippen LogP contribution in [0.1, 0.15) is 19.4 Å². The number of hydrogen-bond donors (Lipinski definition) is 0. The summed E-state index contributed by atoms with van der Waals surface area (Å²) in [5, 5.41) is 0.645. The standard InChI is InChI=1S/C12H12BrFN/c1-3-8(2)15-7-6-9-11(14)5-4-10(13)12(9)15/h4-8H,2-3H2,1H3. The van der Waals surface area contributed by atoms with Gasteiger partial charge in [-0.1, -0.05) is 6.92 Å². The van der Waals surface area contributed by atoms with E-state index in [-0.39, 0.29) is 11.9 Å². The lowest BCUT2D eigenvalue weighted by Gasteiger charge is -2.13. The van der Waals surface area contributed by atoms with E-state index in [4.69, 9.17) is 0 Å². The van der Waals surface area contributed by atoms with Crippen LogP contribution in [0.3, 0.4) is 0 Å². The zero-order valence-corrected chi connectivity index (χ0v) is 10.1. The van der Waals surface area contributed by atoms with Crippen LogP contribution in [0.5, 0.6) is 0 Å². The molecule has 1 atom stereocenters. The van der Waals surface area contributed by atoms with Gasteiger partial charge >= 0.3 is 0 Å². The zero-order chi connectivity index (χ0) is 11.0. The average Bonchev–Trinajstić information content (AvgIpc) is 2.68. The third-order valence-corrected chi connectivity index (χ3v) is 3.28. The Hall–Kier alpha value is -0.830. The van der Waals surface area contributed by atoms with Crippen LogP contribution in [0.15, 0.2) is 28.9 Å². The van der Waals surface area contributed by atoms with Gasteiger partial charge in [0.15, 0.2) is 0 Å². The summed E-state index contributed by atoms with van der Waals surface area (Å²) in [5.74, 6) is -0.185. The third-order valence-electron chi connectivity index (χ3n) is 2.64. The Kier molecular flexibility index (Phi) is 2.83. The summed E-state index contributed by atoms with van der Waals surface area (Å²) in [6, 6.07) is 5.14. The molecule has 2 rings (SSSR count). The molecule has 1 aromatic heterocycles. The van der Waals surface area contributed by atoms with Gasteiger partial charge in [0.25, 0.3) is 0 Å². The van der Waals surface area contributed by atoms with E-state index in [0.29, 0.717) is 5.39 Å². The Labute approximate surface area is 97.0 Å². The second-order valence-electron chi connectivity index (χ2n) is 3.58. The molecule has 1 heterocycles. The van der Waals surface area contributed by atoms with Crippen LogP contribution < -0.4 is 0 Å². The summed E-state index contributed by atoms with van der Waals surface area (Å²) < 4.78 is 16.4. The minimum Gasteiger partial charge on any atom is -0.343 e. The Balaban J connectivity index is 2.73. The fourth-order valence-electron chi connectivity index (χ4n) is 1.71. The van der Waals surface area contributed by atoms with Crippen LogP contribution in [-0.4, -0.2) is 4.57 Å². The number of hydrogen-bond acceptors (Lipinski definition) is 0. The van der Waals surface area contributed by atoms with E-state index in [9.17, 15) is 4.39 Å². The molecule has 0 N–H and O–H groups in total. The quantitative estimate of drug-likeness (QED) is 0.764. The van der Waals surface area contributed by atoms with Gasteiger partial charge in [-0.2, -0.15) is 0 Å². The van der Waals surface area contributed by atoms with Gasteiger partial charge in [-0.25, -0.2) is 4.39 Å². The maximum absolute atomic E-state index is 13.5. The highest BCUT2D eigenvalue weighted by atomic mass is 79.9. The van der Waals surface area contributed by atoms with Gasteiger partial charge in [0.1, 0.15) is 5.82 Å². The van der Waals surface area contributed by atoms with Crippen LogP contribution in [-0.2, 0) is 0 Å². The molecule has 0 aliphatic heterocycles. The highest BCUT2D eigenvalue weighted by Gasteiger charge is 2.12. The molecule has 0 amide bonds. The van der Waals surface area contributed by atoms with Crippen molar-refractivity contribution in [1.82, 2.24) is 4.57 Å². The molecule has 0 aliphatic rings. The predicted molar refractivity (Wildman–Crippen MR) is 64.3 cm³/mol. The van der Waals surface area contributed by atoms with Crippen molar-refractivity contribution in [3.05, 3.63) is 41.6 Å². The van der Waals surface area contributed by atoms with Crippen molar-refractivity contribution in [3.63, 3.8) is 0 Å². The summed E-state index contributed by atoms with van der Waals surface area (Å²) in [6.07, 6.45) is 2.81. The van der Waals surface area contributed by atoms with E-state index in [1.807, 2.05) is 10.8 Å². The molecular formula is C12H12BrFN. The van der Waals surface area contributed by atoms with Crippen molar-refractivity contribution in [3.8, 4) is 0 Å². The minimum absolute atomic E-state index is 0.139. The molecule has 0 fully saturated rings. The minimum atomic E-state index is -0.185. The molecule has 0 saturated carbocycles. The molecule has 15 heavy (non-hydrogen) atoms. The highest BCUT2D eigenvalue weighted by molar-refractivity contribution is 9.10. The van der Waals surface area contributed by atoms with E-state index in [1.165, 1.54) is 6.07 Å². The van der Waals surface area contributed by atoms with Crippen molar-refractivity contribution < 1.29 is 4.39 Å². The van der Waals surface area contributed by atoms with E-state index < -0.39 is 0 Å². The molecule has 1 unspecified atom stereocenters. The number of benzene rings is 1. The largest absolute Gasteiger partial charge is 0.343 e. The summed E-state index contributed by atoms with van der Waals surface area (Å²) >= 11 is 3.44. The normalized spacial score (nSPS) is 13.3. The lowest BCUT2D eigenvalue weighted by Crippen LogP contribution is -2.02. The Morgan fingerprint density at radius 2 is 2.20 bits per heavy atom. The van der Waals surface area contributed by atoms with Gasteiger partial charge < -0.3 is 4.57 Å². The van der Waals surface area contributed by atoms with E-state index in [2.05, 4.69) is 29.8 Å². The summed E-state index contributed by atoms with van der Waals surface area (Å²) in [5.41, 5.74) is 0.886. The van der Waals surface area contributed by atoms with Gasteiger partial charge in [-0.05, 0) is 47.5 Å². The first kappa shape index (κ1) is 10.7. The second kappa shape index (κ2) is 3.97.